The van der Waals surface area contributed by atoms with Gasteiger partial charge in [0.2, 0.25) is 9.84 Å². The molecule has 2 heterocycles. The molecule has 0 aliphatic heterocycles. The Morgan fingerprint density at radius 2 is 1.78 bits per heavy atom. The number of halogens is 2. The first-order chi connectivity index (χ1) is 15.3. The zero-order valence-corrected chi connectivity index (χ0v) is 18.4. The van der Waals surface area contributed by atoms with E-state index in [-0.39, 0.29) is 5.56 Å². The summed E-state index contributed by atoms with van der Waals surface area (Å²) < 4.78 is 50.1. The van der Waals surface area contributed by atoms with Gasteiger partial charge >= 0.3 is 5.76 Å². The number of alkyl halides is 2. The van der Waals surface area contributed by atoms with E-state index in [2.05, 4.69) is 9.97 Å². The average Bonchev–Trinajstić information content (AvgIpc) is 2.78. The van der Waals surface area contributed by atoms with E-state index in [1.54, 1.807) is 36.5 Å². The highest BCUT2D eigenvalue weighted by atomic mass is 32.2. The highest BCUT2D eigenvalue weighted by molar-refractivity contribution is 7.98. The molecule has 2 aromatic carbocycles. The number of nitrogens with zero attached hydrogens (tertiary/aromatic N) is 3. The van der Waals surface area contributed by atoms with Crippen LogP contribution >= 0.6 is 11.8 Å². The number of hydrogen-bond acceptors (Lipinski definition) is 6. The van der Waals surface area contributed by atoms with Crippen LogP contribution in [0.2, 0.25) is 0 Å². The van der Waals surface area contributed by atoms with Gasteiger partial charge < -0.3 is 0 Å². The molecule has 0 bridgehead atoms. The zero-order valence-electron chi connectivity index (χ0n) is 16.8. The van der Waals surface area contributed by atoms with Crippen LogP contribution in [0.25, 0.3) is 16.7 Å². The average molecular weight is 474 g/mol. The topological polar surface area (TPSA) is 81.9 Å². The standard InChI is InChI=1S/C22H17F2N3O3S2/c1-14-10-11-25-19(12-14)27-20(28)17-4-2-3-5-18(17)26-22(27)31-13-15-6-8-16(9-7-15)32(29,30)21(23)24/h2-12,21H,13H2,1H3. The quantitative estimate of drug-likeness (QED) is 0.305. The maximum Gasteiger partial charge on any atom is 0.341 e. The summed E-state index contributed by atoms with van der Waals surface area (Å²) >= 11 is 1.26. The Bertz CT molecular complexity index is 1450. The fourth-order valence-electron chi connectivity index (χ4n) is 3.08. The Morgan fingerprint density at radius 3 is 2.47 bits per heavy atom. The molecule has 0 atom stereocenters. The summed E-state index contributed by atoms with van der Waals surface area (Å²) in [4.78, 5) is 21.7. The van der Waals surface area contributed by atoms with Crippen LogP contribution in [-0.4, -0.2) is 28.7 Å². The second-order valence-electron chi connectivity index (χ2n) is 6.98. The molecular weight excluding hydrogens is 456 g/mol. The Hall–Kier alpha value is -3.11. The summed E-state index contributed by atoms with van der Waals surface area (Å²) in [5.41, 5.74) is 1.91. The SMILES string of the molecule is Cc1ccnc(-n2c(SCc3ccc(S(=O)(=O)C(F)F)cc3)nc3ccccc3c2=O)c1. The van der Waals surface area contributed by atoms with Crippen LogP contribution in [0, 0.1) is 6.92 Å². The first kappa shape index (κ1) is 22.1. The van der Waals surface area contributed by atoms with Crippen LogP contribution in [0.5, 0.6) is 0 Å². The predicted molar refractivity (Wildman–Crippen MR) is 119 cm³/mol. The van der Waals surface area contributed by atoms with Crippen molar-refractivity contribution >= 4 is 32.5 Å². The Labute approximate surface area is 186 Å². The lowest BCUT2D eigenvalue weighted by Crippen LogP contribution is -2.22. The van der Waals surface area contributed by atoms with Crippen molar-refractivity contribution in [3.8, 4) is 5.82 Å². The van der Waals surface area contributed by atoms with Gasteiger partial charge in [-0.1, -0.05) is 36.0 Å². The monoisotopic (exact) mass is 473 g/mol. The second-order valence-corrected chi connectivity index (χ2v) is 9.84. The molecule has 4 aromatic rings. The fourth-order valence-corrected chi connectivity index (χ4v) is 4.76. The molecule has 0 saturated heterocycles. The Kier molecular flexibility index (Phi) is 6.07. The van der Waals surface area contributed by atoms with Crippen LogP contribution in [0.3, 0.4) is 0 Å². The van der Waals surface area contributed by atoms with Crippen molar-refractivity contribution in [3.05, 3.63) is 88.3 Å². The molecule has 0 aliphatic carbocycles. The van der Waals surface area contributed by atoms with Gasteiger partial charge in [-0.15, -0.1) is 0 Å². The minimum Gasteiger partial charge on any atom is -0.268 e. The summed E-state index contributed by atoms with van der Waals surface area (Å²) in [6.45, 7) is 1.90. The van der Waals surface area contributed by atoms with E-state index in [0.29, 0.717) is 33.2 Å². The largest absolute Gasteiger partial charge is 0.341 e. The highest BCUT2D eigenvalue weighted by Crippen LogP contribution is 2.26. The van der Waals surface area contributed by atoms with Crippen molar-refractivity contribution in [2.45, 2.75) is 28.5 Å². The number of aromatic nitrogens is 3. The number of thioether (sulfide) groups is 1. The summed E-state index contributed by atoms with van der Waals surface area (Å²) in [6.07, 6.45) is 1.61. The molecule has 0 amide bonds. The van der Waals surface area contributed by atoms with Crippen molar-refractivity contribution in [1.29, 1.82) is 0 Å². The minimum atomic E-state index is -4.64. The normalized spacial score (nSPS) is 11.9. The minimum absolute atomic E-state index is 0.255. The van der Waals surface area contributed by atoms with Gasteiger partial charge in [-0.25, -0.2) is 23.0 Å². The van der Waals surface area contributed by atoms with Gasteiger partial charge in [0.1, 0.15) is 5.82 Å². The molecule has 10 heteroatoms. The van der Waals surface area contributed by atoms with Crippen molar-refractivity contribution in [1.82, 2.24) is 14.5 Å². The Balaban J connectivity index is 1.71. The third kappa shape index (κ3) is 4.28. The lowest BCUT2D eigenvalue weighted by Gasteiger charge is -2.13. The first-order valence-electron chi connectivity index (χ1n) is 9.46. The van der Waals surface area contributed by atoms with Crippen molar-refractivity contribution in [2.24, 2.45) is 0 Å². The smallest absolute Gasteiger partial charge is 0.268 e. The fraction of sp³-hybridized carbons (Fsp3) is 0.136. The number of sulfone groups is 1. The van der Waals surface area contributed by atoms with E-state index in [0.717, 1.165) is 17.7 Å². The van der Waals surface area contributed by atoms with E-state index in [9.17, 15) is 22.0 Å². The van der Waals surface area contributed by atoms with Crippen LogP contribution in [0.15, 0.2) is 81.7 Å². The predicted octanol–water partition coefficient (Wildman–Crippen LogP) is 4.38. The highest BCUT2D eigenvalue weighted by Gasteiger charge is 2.26. The number of rotatable bonds is 6. The summed E-state index contributed by atoms with van der Waals surface area (Å²) in [5.74, 6) is -2.69. The third-order valence-electron chi connectivity index (χ3n) is 4.73. The maximum absolute atomic E-state index is 13.2. The third-order valence-corrected chi connectivity index (χ3v) is 7.14. The number of benzene rings is 2. The summed E-state index contributed by atoms with van der Waals surface area (Å²) in [7, 11) is -4.64. The summed E-state index contributed by atoms with van der Waals surface area (Å²) in [6, 6.07) is 15.9. The summed E-state index contributed by atoms with van der Waals surface area (Å²) in [5, 5.41) is 0.873. The number of hydrogen-bond donors (Lipinski definition) is 0. The molecule has 4 rings (SSSR count). The number of fused-ring (bicyclic) bond motifs is 1. The van der Waals surface area contributed by atoms with Gasteiger partial charge in [0.15, 0.2) is 5.16 Å². The molecule has 164 valence electrons. The molecule has 0 spiro atoms. The second kappa shape index (κ2) is 8.79. The first-order valence-corrected chi connectivity index (χ1v) is 12.0. The van der Waals surface area contributed by atoms with Crippen LogP contribution in [0.1, 0.15) is 11.1 Å². The van der Waals surface area contributed by atoms with Crippen molar-refractivity contribution < 1.29 is 17.2 Å². The van der Waals surface area contributed by atoms with E-state index in [1.807, 2.05) is 13.0 Å². The van der Waals surface area contributed by atoms with Crippen LogP contribution < -0.4 is 5.56 Å². The van der Waals surface area contributed by atoms with Crippen molar-refractivity contribution in [2.75, 3.05) is 0 Å². The maximum atomic E-state index is 13.2. The molecule has 0 fully saturated rings. The van der Waals surface area contributed by atoms with E-state index in [4.69, 9.17) is 0 Å². The molecule has 0 radical (unpaired) electrons. The lowest BCUT2D eigenvalue weighted by molar-refractivity contribution is 0.234. The molecule has 0 saturated carbocycles. The molecule has 2 aromatic heterocycles. The van der Waals surface area contributed by atoms with Gasteiger partial charge in [-0.05, 0) is 54.4 Å². The van der Waals surface area contributed by atoms with Crippen LogP contribution in [-0.2, 0) is 15.6 Å². The van der Waals surface area contributed by atoms with Gasteiger partial charge in [-0.2, -0.15) is 8.78 Å². The van der Waals surface area contributed by atoms with Crippen LogP contribution in [0.4, 0.5) is 8.78 Å². The molecule has 0 unspecified atom stereocenters. The molecule has 32 heavy (non-hydrogen) atoms. The van der Waals surface area contributed by atoms with E-state index in [1.165, 1.54) is 28.5 Å². The molecule has 0 aliphatic rings. The molecule has 0 N–H and O–H groups in total. The molecular formula is C22H17F2N3O3S2. The lowest BCUT2D eigenvalue weighted by atomic mass is 10.2. The van der Waals surface area contributed by atoms with Gasteiger partial charge in [-0.3, -0.25) is 4.79 Å². The molecule has 6 nitrogen and oxygen atoms in total. The van der Waals surface area contributed by atoms with E-state index < -0.39 is 20.5 Å². The van der Waals surface area contributed by atoms with Gasteiger partial charge in [0, 0.05) is 11.9 Å². The van der Waals surface area contributed by atoms with E-state index >= 15 is 0 Å². The van der Waals surface area contributed by atoms with Gasteiger partial charge in [0.25, 0.3) is 5.56 Å². The number of pyridine rings is 1. The van der Waals surface area contributed by atoms with Gasteiger partial charge in [0.05, 0.1) is 15.8 Å². The van der Waals surface area contributed by atoms with Crippen molar-refractivity contribution in [3.63, 3.8) is 0 Å². The number of aryl methyl sites for hydroxylation is 1. The number of para-hydroxylation sites is 1. The zero-order chi connectivity index (χ0) is 22.9. The Morgan fingerprint density at radius 1 is 1.06 bits per heavy atom.